The van der Waals surface area contributed by atoms with Crippen LogP contribution >= 0.6 is 11.8 Å². The van der Waals surface area contributed by atoms with Crippen LogP contribution in [0, 0.1) is 11.6 Å². The number of hydrogen-bond donors (Lipinski definition) is 1. The number of carbonyl (C=O) groups excluding carboxylic acids is 1. The molecule has 30 heavy (non-hydrogen) atoms. The summed E-state index contributed by atoms with van der Waals surface area (Å²) in [6.07, 6.45) is 1.92. The molecule has 0 saturated heterocycles. The van der Waals surface area contributed by atoms with Crippen molar-refractivity contribution in [3.05, 3.63) is 82.6 Å². The summed E-state index contributed by atoms with van der Waals surface area (Å²) < 4.78 is 29.4. The van der Waals surface area contributed by atoms with Crippen molar-refractivity contribution in [3.8, 4) is 0 Å². The van der Waals surface area contributed by atoms with Gasteiger partial charge in [0.2, 0.25) is 11.1 Å². The van der Waals surface area contributed by atoms with Crippen molar-refractivity contribution in [1.82, 2.24) is 14.8 Å². The van der Waals surface area contributed by atoms with E-state index in [9.17, 15) is 13.6 Å². The van der Waals surface area contributed by atoms with E-state index in [0.717, 1.165) is 24.1 Å². The van der Waals surface area contributed by atoms with Gasteiger partial charge in [0.25, 0.3) is 0 Å². The third kappa shape index (κ3) is 3.41. The topological polar surface area (TPSA) is 59.8 Å². The lowest BCUT2D eigenvalue weighted by Crippen LogP contribution is -2.32. The second-order valence-corrected chi connectivity index (χ2v) is 8.24. The Bertz CT molecular complexity index is 1160. The van der Waals surface area contributed by atoms with Gasteiger partial charge in [-0.05, 0) is 36.6 Å². The van der Waals surface area contributed by atoms with Gasteiger partial charge in [0.15, 0.2) is 5.78 Å². The Kier molecular flexibility index (Phi) is 4.86. The van der Waals surface area contributed by atoms with Crippen LogP contribution in [0.2, 0.25) is 0 Å². The predicted octanol–water partition coefficient (Wildman–Crippen LogP) is 4.87. The third-order valence-corrected chi connectivity index (χ3v) is 6.24. The second-order valence-electron chi connectivity index (χ2n) is 7.30. The molecular weight excluding hydrogens is 406 g/mol. The molecule has 0 fully saturated rings. The highest BCUT2D eigenvalue weighted by atomic mass is 32.2. The highest BCUT2D eigenvalue weighted by Crippen LogP contribution is 2.41. The molecule has 5 rings (SSSR count). The zero-order valence-corrected chi connectivity index (χ0v) is 16.8. The Morgan fingerprint density at radius 1 is 1.10 bits per heavy atom. The van der Waals surface area contributed by atoms with Gasteiger partial charge in [-0.2, -0.15) is 4.98 Å². The van der Waals surface area contributed by atoms with E-state index in [-0.39, 0.29) is 17.4 Å². The minimum absolute atomic E-state index is 0.0127. The van der Waals surface area contributed by atoms with Crippen molar-refractivity contribution in [2.75, 3.05) is 5.32 Å². The van der Waals surface area contributed by atoms with Gasteiger partial charge in [-0.15, -0.1) is 5.10 Å². The largest absolute Gasteiger partial charge is 0.328 e. The number of rotatable bonds is 4. The van der Waals surface area contributed by atoms with E-state index in [1.54, 1.807) is 35.0 Å². The van der Waals surface area contributed by atoms with Gasteiger partial charge in [-0.1, -0.05) is 42.1 Å². The molecule has 0 radical (unpaired) electrons. The molecule has 1 atom stereocenters. The Labute approximate surface area is 176 Å². The van der Waals surface area contributed by atoms with Crippen LogP contribution in [0.25, 0.3) is 0 Å². The number of nitrogens with one attached hydrogen (secondary N) is 1. The zero-order chi connectivity index (χ0) is 20.7. The first-order valence-corrected chi connectivity index (χ1v) is 10.7. The second kappa shape index (κ2) is 7.68. The molecule has 1 N–H and O–H groups in total. The molecule has 0 bridgehead atoms. The maximum atomic E-state index is 14.7. The predicted molar refractivity (Wildman–Crippen MR) is 110 cm³/mol. The minimum Gasteiger partial charge on any atom is -0.328 e. The summed E-state index contributed by atoms with van der Waals surface area (Å²) in [5.41, 5.74) is 2.72. The number of nitrogens with zero attached hydrogens (tertiary/aromatic N) is 3. The van der Waals surface area contributed by atoms with Gasteiger partial charge in [0.1, 0.15) is 17.7 Å². The average molecular weight is 424 g/mol. The average Bonchev–Trinajstić information content (AvgIpc) is 3.15. The van der Waals surface area contributed by atoms with Crippen LogP contribution in [0.4, 0.5) is 14.7 Å². The normalized spacial score (nSPS) is 18.1. The van der Waals surface area contributed by atoms with E-state index >= 15 is 0 Å². The first-order chi connectivity index (χ1) is 14.6. The summed E-state index contributed by atoms with van der Waals surface area (Å²) in [5, 5.41) is 8.33. The number of fused-ring (bicyclic) bond motifs is 1. The van der Waals surface area contributed by atoms with Gasteiger partial charge in [-0.3, -0.25) is 4.79 Å². The van der Waals surface area contributed by atoms with Crippen molar-refractivity contribution < 1.29 is 13.6 Å². The van der Waals surface area contributed by atoms with Gasteiger partial charge in [0, 0.05) is 29.0 Å². The van der Waals surface area contributed by atoms with Gasteiger partial charge in [0.05, 0.1) is 0 Å². The van der Waals surface area contributed by atoms with Crippen molar-refractivity contribution in [2.24, 2.45) is 0 Å². The number of benzene rings is 2. The van der Waals surface area contributed by atoms with Crippen LogP contribution < -0.4 is 5.32 Å². The number of aromatic nitrogens is 3. The van der Waals surface area contributed by atoms with Crippen LogP contribution in [0.3, 0.4) is 0 Å². The fourth-order valence-electron chi connectivity index (χ4n) is 3.91. The first kappa shape index (κ1) is 19.0. The summed E-state index contributed by atoms with van der Waals surface area (Å²) in [6, 6.07) is 12.1. The highest BCUT2D eigenvalue weighted by molar-refractivity contribution is 7.98. The maximum Gasteiger partial charge on any atom is 0.227 e. The van der Waals surface area contributed by atoms with E-state index in [2.05, 4.69) is 15.4 Å². The quantitative estimate of drug-likeness (QED) is 0.606. The van der Waals surface area contributed by atoms with Crippen molar-refractivity contribution >= 4 is 23.5 Å². The van der Waals surface area contributed by atoms with Crippen LogP contribution in [-0.4, -0.2) is 20.5 Å². The molecule has 1 aromatic heterocycles. The number of allylic oxidation sites excluding steroid dienone is 2. The number of anilines is 1. The lowest BCUT2D eigenvalue weighted by molar-refractivity contribution is -0.116. The van der Waals surface area contributed by atoms with E-state index < -0.39 is 6.04 Å². The van der Waals surface area contributed by atoms with E-state index in [1.165, 1.54) is 30.0 Å². The molecule has 0 saturated carbocycles. The molecule has 0 amide bonds. The molecule has 2 aromatic carbocycles. The fourth-order valence-corrected chi connectivity index (χ4v) is 4.70. The summed E-state index contributed by atoms with van der Waals surface area (Å²) in [7, 11) is 0. The van der Waals surface area contributed by atoms with Crippen molar-refractivity contribution in [1.29, 1.82) is 0 Å². The summed E-state index contributed by atoms with van der Waals surface area (Å²) in [5.74, 6) is 0.423. The molecule has 2 heterocycles. The Morgan fingerprint density at radius 3 is 2.70 bits per heavy atom. The standard InChI is InChI=1S/C22H18F2N4OS/c23-14-10-8-13(9-11-14)12-30-22-26-21-25-17-6-3-7-18(29)19(17)20(28(21)27-22)15-4-1-2-5-16(15)24/h1-2,4-5,8-11,20H,3,6-7,12H2,(H,25,26,27)/t20-/m1/s1. The molecule has 2 aliphatic rings. The van der Waals surface area contributed by atoms with Gasteiger partial charge in [-0.25, -0.2) is 13.5 Å². The van der Waals surface area contributed by atoms with Crippen LogP contribution in [0.15, 0.2) is 65.0 Å². The van der Waals surface area contributed by atoms with E-state index in [0.29, 0.717) is 34.4 Å². The zero-order valence-electron chi connectivity index (χ0n) is 15.9. The third-order valence-electron chi connectivity index (χ3n) is 5.33. The molecule has 0 unspecified atom stereocenters. The lowest BCUT2D eigenvalue weighted by Gasteiger charge is -2.32. The molecular formula is C22H18F2N4OS. The number of halogens is 2. The lowest BCUT2D eigenvalue weighted by atomic mass is 9.85. The van der Waals surface area contributed by atoms with Gasteiger partial charge >= 0.3 is 0 Å². The number of thioether (sulfide) groups is 1. The molecule has 5 nitrogen and oxygen atoms in total. The molecule has 3 aromatic rings. The number of carbonyl (C=O) groups is 1. The SMILES string of the molecule is O=C1CCCC2=C1[C@@H](c1ccccc1F)n1nc(SCc3ccc(F)cc3)nc1N2. The Balaban J connectivity index is 1.51. The van der Waals surface area contributed by atoms with Crippen molar-refractivity contribution in [2.45, 2.75) is 36.2 Å². The number of hydrogen-bond acceptors (Lipinski definition) is 5. The molecule has 1 aliphatic carbocycles. The maximum absolute atomic E-state index is 14.7. The minimum atomic E-state index is -0.641. The monoisotopic (exact) mass is 424 g/mol. The van der Waals surface area contributed by atoms with Crippen molar-refractivity contribution in [3.63, 3.8) is 0 Å². The van der Waals surface area contributed by atoms with Crippen LogP contribution in [-0.2, 0) is 10.5 Å². The fraction of sp³-hybridized carbons (Fsp3) is 0.227. The van der Waals surface area contributed by atoms with E-state index in [1.807, 2.05) is 0 Å². The summed E-state index contributed by atoms with van der Waals surface area (Å²) in [6.45, 7) is 0. The molecule has 1 aliphatic heterocycles. The van der Waals surface area contributed by atoms with Gasteiger partial charge < -0.3 is 5.32 Å². The molecule has 152 valence electrons. The molecule has 0 spiro atoms. The Morgan fingerprint density at radius 2 is 1.90 bits per heavy atom. The molecule has 8 heteroatoms. The highest BCUT2D eigenvalue weighted by Gasteiger charge is 2.37. The smallest absolute Gasteiger partial charge is 0.227 e. The van der Waals surface area contributed by atoms with Crippen LogP contribution in [0.5, 0.6) is 0 Å². The number of Topliss-reactive ketones (excluding diaryl/α,β-unsaturated/α-hetero) is 1. The number of ketones is 1. The summed E-state index contributed by atoms with van der Waals surface area (Å²) in [4.78, 5) is 17.3. The van der Waals surface area contributed by atoms with Crippen LogP contribution in [0.1, 0.15) is 36.4 Å². The van der Waals surface area contributed by atoms with E-state index in [4.69, 9.17) is 0 Å². The Hall–Kier alpha value is -3.00. The summed E-state index contributed by atoms with van der Waals surface area (Å²) >= 11 is 1.41. The first-order valence-electron chi connectivity index (χ1n) is 9.71.